The maximum atomic E-state index is 15.2. The molecule has 2 heterocycles. The molecule has 0 bridgehead atoms. The molecule has 1 saturated carbocycles. The molecule has 0 amide bonds. The number of anilines is 1. The van der Waals surface area contributed by atoms with E-state index in [0.29, 0.717) is 12.8 Å². The number of hydrogen-bond donors (Lipinski definition) is 2. The summed E-state index contributed by atoms with van der Waals surface area (Å²) in [5.41, 5.74) is -4.05. The average molecular weight is 427 g/mol. The molecule has 4 rings (SSSR count). The zero-order valence-corrected chi connectivity index (χ0v) is 16.4. The molecule has 0 radical (unpaired) electrons. The van der Waals surface area contributed by atoms with Crippen molar-refractivity contribution in [2.45, 2.75) is 51.0 Å². The summed E-state index contributed by atoms with van der Waals surface area (Å²) in [7, 11) is 0. The molecular weight excluding hydrogens is 406 g/mol. The number of carbonyl (C=O) groups is 1. The van der Waals surface area contributed by atoms with Crippen molar-refractivity contribution in [3.05, 3.63) is 39.4 Å². The van der Waals surface area contributed by atoms with Gasteiger partial charge in [-0.25, -0.2) is 9.18 Å². The van der Waals surface area contributed by atoms with Gasteiger partial charge in [-0.2, -0.15) is 13.2 Å². The Hall–Kier alpha value is -2.62. The molecule has 2 fully saturated rings. The number of carboxylic acid groups (broad SMARTS) is 1. The third-order valence-corrected chi connectivity index (χ3v) is 5.57. The van der Waals surface area contributed by atoms with E-state index in [2.05, 4.69) is 5.32 Å². The smallest absolute Gasteiger partial charge is 0.420 e. The molecule has 2 N–H and O–H groups in total. The minimum atomic E-state index is -4.94. The Morgan fingerprint density at radius 1 is 1.20 bits per heavy atom. The molecule has 1 aliphatic heterocycles. The van der Waals surface area contributed by atoms with Crippen LogP contribution in [0.2, 0.25) is 0 Å². The largest absolute Gasteiger partial charge is 0.477 e. The van der Waals surface area contributed by atoms with Crippen LogP contribution in [-0.4, -0.2) is 40.8 Å². The second-order valence-corrected chi connectivity index (χ2v) is 8.17. The summed E-state index contributed by atoms with van der Waals surface area (Å²) in [5, 5.41) is 12.0. The van der Waals surface area contributed by atoms with Crippen LogP contribution in [0.1, 0.15) is 48.7 Å². The van der Waals surface area contributed by atoms with Crippen LogP contribution in [0.4, 0.5) is 23.2 Å². The van der Waals surface area contributed by atoms with E-state index in [1.165, 1.54) is 9.47 Å². The van der Waals surface area contributed by atoms with E-state index in [0.717, 1.165) is 12.3 Å². The van der Waals surface area contributed by atoms with Crippen molar-refractivity contribution < 1.29 is 27.5 Å². The summed E-state index contributed by atoms with van der Waals surface area (Å²) in [6.45, 7) is 3.93. The maximum absolute atomic E-state index is 15.2. The predicted molar refractivity (Wildman–Crippen MR) is 103 cm³/mol. The predicted octanol–water partition coefficient (Wildman–Crippen LogP) is 3.38. The molecule has 1 aliphatic carbocycles. The minimum absolute atomic E-state index is 0.162. The normalized spacial score (nSPS) is 22.5. The summed E-state index contributed by atoms with van der Waals surface area (Å²) >= 11 is 0. The van der Waals surface area contributed by atoms with E-state index >= 15 is 4.39 Å². The number of halogens is 4. The molecular formula is C20H21F4N3O3. The van der Waals surface area contributed by atoms with Gasteiger partial charge in [0.15, 0.2) is 0 Å². The summed E-state index contributed by atoms with van der Waals surface area (Å²) < 4.78 is 59.3. The van der Waals surface area contributed by atoms with Crippen molar-refractivity contribution in [3.8, 4) is 0 Å². The van der Waals surface area contributed by atoms with Gasteiger partial charge in [0.05, 0.1) is 16.6 Å². The van der Waals surface area contributed by atoms with Crippen molar-refractivity contribution in [1.29, 1.82) is 0 Å². The highest BCUT2D eigenvalue weighted by Gasteiger charge is 2.43. The first-order valence-corrected chi connectivity index (χ1v) is 9.71. The van der Waals surface area contributed by atoms with Gasteiger partial charge in [-0.1, -0.05) is 0 Å². The molecule has 1 saturated heterocycles. The number of benzene rings is 1. The highest BCUT2D eigenvalue weighted by atomic mass is 19.4. The highest BCUT2D eigenvalue weighted by molar-refractivity contribution is 5.95. The SMILES string of the molecule is C[C@@H]1CN(c2c(F)cc3c(=O)c(C(=O)O)cn(C4CC4)c3c2C(F)(F)F)C[C@H](C)N1. The van der Waals surface area contributed by atoms with Crippen LogP contribution in [0, 0.1) is 5.82 Å². The van der Waals surface area contributed by atoms with E-state index in [9.17, 15) is 27.9 Å². The Morgan fingerprint density at radius 3 is 2.30 bits per heavy atom. The van der Waals surface area contributed by atoms with Crippen molar-refractivity contribution in [2.75, 3.05) is 18.0 Å². The maximum Gasteiger partial charge on any atom is 0.420 e. The number of carboxylic acids is 1. The van der Waals surface area contributed by atoms with E-state index in [-0.39, 0.29) is 31.2 Å². The second kappa shape index (κ2) is 6.97. The van der Waals surface area contributed by atoms with E-state index in [1.54, 1.807) is 13.8 Å². The fourth-order valence-corrected chi connectivity index (χ4v) is 4.36. The number of aromatic nitrogens is 1. The van der Waals surface area contributed by atoms with Crippen LogP contribution in [0.25, 0.3) is 10.9 Å². The van der Waals surface area contributed by atoms with Gasteiger partial charge in [0.2, 0.25) is 5.43 Å². The molecule has 1 aromatic carbocycles. The minimum Gasteiger partial charge on any atom is -0.477 e. The van der Waals surface area contributed by atoms with Crippen molar-refractivity contribution in [2.24, 2.45) is 0 Å². The molecule has 0 unspecified atom stereocenters. The fraction of sp³-hybridized carbons (Fsp3) is 0.500. The van der Waals surface area contributed by atoms with Crippen molar-refractivity contribution in [1.82, 2.24) is 9.88 Å². The molecule has 2 atom stereocenters. The van der Waals surface area contributed by atoms with E-state index in [4.69, 9.17) is 0 Å². The van der Waals surface area contributed by atoms with Gasteiger partial charge in [0.25, 0.3) is 0 Å². The summed E-state index contributed by atoms with van der Waals surface area (Å²) in [6, 6.07) is 0.0756. The van der Waals surface area contributed by atoms with Crippen LogP contribution < -0.4 is 15.6 Å². The number of aromatic carboxylic acids is 1. The second-order valence-electron chi connectivity index (χ2n) is 8.17. The molecule has 30 heavy (non-hydrogen) atoms. The van der Waals surface area contributed by atoms with Gasteiger partial charge in [-0.3, -0.25) is 4.79 Å². The third-order valence-electron chi connectivity index (χ3n) is 5.57. The molecule has 162 valence electrons. The van der Waals surface area contributed by atoms with Crippen LogP contribution in [0.5, 0.6) is 0 Å². The van der Waals surface area contributed by atoms with Gasteiger partial charge in [0.1, 0.15) is 16.9 Å². The Bertz CT molecular complexity index is 1080. The summed E-state index contributed by atoms with van der Waals surface area (Å²) in [4.78, 5) is 25.5. The third kappa shape index (κ3) is 3.42. The zero-order chi connectivity index (χ0) is 22.0. The lowest BCUT2D eigenvalue weighted by Crippen LogP contribution is -2.55. The van der Waals surface area contributed by atoms with E-state index in [1.807, 2.05) is 0 Å². The quantitative estimate of drug-likeness (QED) is 0.735. The topological polar surface area (TPSA) is 74.6 Å². The van der Waals surface area contributed by atoms with Crippen LogP contribution in [0.3, 0.4) is 0 Å². The molecule has 2 aliphatic rings. The number of pyridine rings is 1. The van der Waals surface area contributed by atoms with Crippen LogP contribution >= 0.6 is 0 Å². The number of nitrogens with zero attached hydrogens (tertiary/aromatic N) is 2. The lowest BCUT2D eigenvalue weighted by atomic mass is 10.0. The van der Waals surface area contributed by atoms with Gasteiger partial charge >= 0.3 is 12.1 Å². The first kappa shape index (κ1) is 20.6. The van der Waals surface area contributed by atoms with Gasteiger partial charge < -0.3 is 19.9 Å². The van der Waals surface area contributed by atoms with Crippen LogP contribution in [-0.2, 0) is 6.18 Å². The first-order valence-electron chi connectivity index (χ1n) is 9.71. The van der Waals surface area contributed by atoms with Gasteiger partial charge in [0, 0.05) is 37.4 Å². The Balaban J connectivity index is 2.10. The number of piperazine rings is 1. The number of rotatable bonds is 3. The molecule has 1 aromatic heterocycles. The molecule has 0 spiro atoms. The van der Waals surface area contributed by atoms with Gasteiger partial charge in [-0.15, -0.1) is 0 Å². The monoisotopic (exact) mass is 427 g/mol. The average Bonchev–Trinajstić information content (AvgIpc) is 3.44. The zero-order valence-electron chi connectivity index (χ0n) is 16.4. The number of alkyl halides is 3. The standard InChI is InChI=1S/C20H21F4N3O3/c1-9-6-26(7-10(2)25-9)17-14(21)5-12-16(15(17)20(22,23)24)27(11-3-4-11)8-13(18(12)28)19(29)30/h5,8-11,25H,3-4,6-7H2,1-2H3,(H,29,30)/t9-,10+. The highest BCUT2D eigenvalue weighted by Crippen LogP contribution is 2.46. The van der Waals surface area contributed by atoms with E-state index < -0.39 is 51.1 Å². The Labute approximate surface area is 169 Å². The Morgan fingerprint density at radius 2 is 1.80 bits per heavy atom. The summed E-state index contributed by atoms with van der Waals surface area (Å²) in [5.74, 6) is -2.74. The van der Waals surface area contributed by atoms with Gasteiger partial charge in [-0.05, 0) is 32.8 Å². The van der Waals surface area contributed by atoms with Crippen molar-refractivity contribution in [3.63, 3.8) is 0 Å². The molecule has 6 nitrogen and oxygen atoms in total. The fourth-order valence-electron chi connectivity index (χ4n) is 4.36. The molecule has 10 heteroatoms. The lowest BCUT2D eigenvalue weighted by molar-refractivity contribution is -0.136. The number of fused-ring (bicyclic) bond motifs is 1. The number of hydrogen-bond acceptors (Lipinski definition) is 4. The molecule has 2 aromatic rings. The number of nitrogens with one attached hydrogen (secondary N) is 1. The van der Waals surface area contributed by atoms with Crippen molar-refractivity contribution >= 4 is 22.6 Å². The Kier molecular flexibility index (Phi) is 4.80. The lowest BCUT2D eigenvalue weighted by Gasteiger charge is -2.39. The first-order chi connectivity index (χ1) is 14.0. The van der Waals surface area contributed by atoms with Crippen LogP contribution in [0.15, 0.2) is 17.1 Å². The summed E-state index contributed by atoms with van der Waals surface area (Å²) in [6.07, 6.45) is -2.86.